The van der Waals surface area contributed by atoms with Gasteiger partial charge in [-0.2, -0.15) is 0 Å². The maximum Gasteiger partial charge on any atom is 0.317 e. The number of amides is 1. The molecular formula is C22H25NO3. The molecule has 3 rings (SSSR count). The molecule has 0 unspecified atom stereocenters. The van der Waals surface area contributed by atoms with Gasteiger partial charge in [0.15, 0.2) is 6.61 Å². The van der Waals surface area contributed by atoms with Gasteiger partial charge in [-0.15, -0.1) is 0 Å². The van der Waals surface area contributed by atoms with Gasteiger partial charge in [-0.25, -0.2) is 0 Å². The summed E-state index contributed by atoms with van der Waals surface area (Å²) >= 11 is 0. The van der Waals surface area contributed by atoms with Crippen molar-refractivity contribution in [2.24, 2.45) is 0 Å². The first-order valence-corrected chi connectivity index (χ1v) is 9.24. The lowest BCUT2D eigenvalue weighted by Crippen LogP contribution is -2.28. The number of esters is 1. The van der Waals surface area contributed by atoms with Crippen LogP contribution in [0.1, 0.15) is 43.4 Å². The van der Waals surface area contributed by atoms with Gasteiger partial charge in [-0.1, -0.05) is 62.4 Å². The molecule has 0 saturated heterocycles. The second kappa shape index (κ2) is 7.73. The Kier molecular flexibility index (Phi) is 5.40. The number of benzene rings is 2. The normalized spacial score (nSPS) is 14.5. The number of hydrogen-bond donors (Lipinski definition) is 1. The molecule has 0 bridgehead atoms. The number of carbonyl (C=O) groups is 2. The highest BCUT2D eigenvalue weighted by atomic mass is 16.5. The van der Waals surface area contributed by atoms with Crippen LogP contribution in [0, 0.1) is 0 Å². The van der Waals surface area contributed by atoms with E-state index in [1.165, 1.54) is 0 Å². The highest BCUT2D eigenvalue weighted by Crippen LogP contribution is 2.49. The molecule has 4 heteroatoms. The van der Waals surface area contributed by atoms with Crippen molar-refractivity contribution in [3.05, 3.63) is 65.2 Å². The molecule has 0 aliphatic heterocycles. The summed E-state index contributed by atoms with van der Waals surface area (Å²) < 4.78 is 5.35. The van der Waals surface area contributed by atoms with Crippen LogP contribution >= 0.6 is 0 Å². The SMILES string of the molecule is CCc1cccc(CC)c1NC(=O)COC(=O)C1(c2ccccc2)CC1. The van der Waals surface area contributed by atoms with Crippen LogP contribution in [0.15, 0.2) is 48.5 Å². The number of nitrogens with one attached hydrogen (secondary N) is 1. The fourth-order valence-corrected chi connectivity index (χ4v) is 3.34. The van der Waals surface area contributed by atoms with Gasteiger partial charge in [-0.3, -0.25) is 9.59 Å². The number of para-hydroxylation sites is 1. The predicted octanol–water partition coefficient (Wildman–Crippen LogP) is 4.02. The Bertz CT molecular complexity index is 772. The second-order valence-electron chi connectivity index (χ2n) is 6.73. The molecule has 136 valence electrons. The van der Waals surface area contributed by atoms with Crippen molar-refractivity contribution in [1.29, 1.82) is 0 Å². The summed E-state index contributed by atoms with van der Waals surface area (Å²) in [6.07, 6.45) is 3.22. The molecule has 0 spiro atoms. The van der Waals surface area contributed by atoms with Gasteiger partial charge >= 0.3 is 5.97 Å². The van der Waals surface area contributed by atoms with Crippen molar-refractivity contribution in [1.82, 2.24) is 0 Å². The highest BCUT2D eigenvalue weighted by molar-refractivity contribution is 5.95. The van der Waals surface area contributed by atoms with Crippen LogP contribution in [0.2, 0.25) is 0 Å². The third-order valence-corrected chi connectivity index (χ3v) is 5.06. The summed E-state index contributed by atoms with van der Waals surface area (Å²) in [5.41, 5.74) is 3.44. The Balaban J connectivity index is 1.63. The molecule has 0 aromatic heterocycles. The summed E-state index contributed by atoms with van der Waals surface area (Å²) in [5.74, 6) is -0.601. The van der Waals surface area contributed by atoms with Gasteiger partial charge in [0.2, 0.25) is 0 Å². The van der Waals surface area contributed by atoms with Gasteiger partial charge < -0.3 is 10.1 Å². The van der Waals surface area contributed by atoms with Crippen molar-refractivity contribution >= 4 is 17.6 Å². The first-order valence-electron chi connectivity index (χ1n) is 9.24. The van der Waals surface area contributed by atoms with Crippen LogP contribution in [-0.2, 0) is 32.6 Å². The fourth-order valence-electron chi connectivity index (χ4n) is 3.34. The van der Waals surface area contributed by atoms with Crippen molar-refractivity contribution < 1.29 is 14.3 Å². The van der Waals surface area contributed by atoms with Crippen LogP contribution in [0.3, 0.4) is 0 Å². The number of ether oxygens (including phenoxy) is 1. The molecule has 4 nitrogen and oxygen atoms in total. The van der Waals surface area contributed by atoms with Gasteiger partial charge in [0, 0.05) is 5.69 Å². The van der Waals surface area contributed by atoms with Crippen molar-refractivity contribution in [3.8, 4) is 0 Å². The quantitative estimate of drug-likeness (QED) is 0.767. The first kappa shape index (κ1) is 18.2. The molecule has 1 fully saturated rings. The summed E-state index contributed by atoms with van der Waals surface area (Å²) in [6.45, 7) is 3.86. The number of anilines is 1. The zero-order valence-electron chi connectivity index (χ0n) is 15.4. The predicted molar refractivity (Wildman–Crippen MR) is 102 cm³/mol. The van der Waals surface area contributed by atoms with Gasteiger partial charge in [0.05, 0.1) is 5.41 Å². The van der Waals surface area contributed by atoms with Crippen LogP contribution in [0.4, 0.5) is 5.69 Å². The molecule has 1 N–H and O–H groups in total. The van der Waals surface area contributed by atoms with Crippen molar-refractivity contribution in [2.45, 2.75) is 44.9 Å². The van der Waals surface area contributed by atoms with E-state index in [9.17, 15) is 9.59 Å². The van der Waals surface area contributed by atoms with Crippen LogP contribution in [-0.4, -0.2) is 18.5 Å². The maximum atomic E-state index is 12.5. The lowest BCUT2D eigenvalue weighted by molar-refractivity contribution is -0.150. The zero-order chi connectivity index (χ0) is 18.6. The fraction of sp³-hybridized carbons (Fsp3) is 0.364. The topological polar surface area (TPSA) is 55.4 Å². The Morgan fingerprint density at radius 2 is 1.58 bits per heavy atom. The van der Waals surface area contributed by atoms with E-state index in [1.54, 1.807) is 0 Å². The van der Waals surface area contributed by atoms with E-state index in [1.807, 2.05) is 48.5 Å². The summed E-state index contributed by atoms with van der Waals surface area (Å²) in [5, 5.41) is 2.93. The minimum Gasteiger partial charge on any atom is -0.455 e. The largest absolute Gasteiger partial charge is 0.455 e. The lowest BCUT2D eigenvalue weighted by atomic mass is 9.96. The first-order chi connectivity index (χ1) is 12.6. The maximum absolute atomic E-state index is 12.5. The van der Waals surface area contributed by atoms with Crippen LogP contribution in [0.25, 0.3) is 0 Å². The zero-order valence-corrected chi connectivity index (χ0v) is 15.4. The van der Waals surface area contributed by atoms with E-state index in [-0.39, 0.29) is 18.5 Å². The van der Waals surface area contributed by atoms with Gasteiger partial charge in [0.1, 0.15) is 0 Å². The van der Waals surface area contributed by atoms with E-state index < -0.39 is 5.41 Å². The van der Waals surface area contributed by atoms with Crippen molar-refractivity contribution in [3.63, 3.8) is 0 Å². The van der Waals surface area contributed by atoms with Gasteiger partial charge in [-0.05, 0) is 42.4 Å². The molecular weight excluding hydrogens is 326 g/mol. The molecule has 1 amide bonds. The summed E-state index contributed by atoms with van der Waals surface area (Å²) in [4.78, 5) is 24.9. The molecule has 1 aliphatic carbocycles. The Hall–Kier alpha value is -2.62. The second-order valence-corrected chi connectivity index (χ2v) is 6.73. The average Bonchev–Trinajstić information content (AvgIpc) is 3.49. The summed E-state index contributed by atoms with van der Waals surface area (Å²) in [6, 6.07) is 15.7. The molecule has 0 radical (unpaired) electrons. The van der Waals surface area contributed by atoms with E-state index >= 15 is 0 Å². The van der Waals surface area contributed by atoms with E-state index in [0.717, 1.165) is 48.1 Å². The van der Waals surface area contributed by atoms with E-state index in [0.29, 0.717) is 0 Å². The molecule has 1 aliphatic rings. The molecule has 0 heterocycles. The summed E-state index contributed by atoms with van der Waals surface area (Å²) in [7, 11) is 0. The highest BCUT2D eigenvalue weighted by Gasteiger charge is 2.52. The molecule has 2 aromatic carbocycles. The standard InChI is InChI=1S/C22H25NO3/c1-3-16-9-8-10-17(4-2)20(16)23-19(24)15-26-21(25)22(13-14-22)18-11-6-5-7-12-18/h5-12H,3-4,13-15H2,1-2H3,(H,23,24). The van der Waals surface area contributed by atoms with Crippen molar-refractivity contribution in [2.75, 3.05) is 11.9 Å². The number of hydrogen-bond acceptors (Lipinski definition) is 3. The Labute approximate surface area is 154 Å². The number of rotatable bonds is 7. The lowest BCUT2D eigenvalue weighted by Gasteiger charge is -2.16. The smallest absolute Gasteiger partial charge is 0.317 e. The van der Waals surface area contributed by atoms with Gasteiger partial charge in [0.25, 0.3) is 5.91 Å². The third-order valence-electron chi connectivity index (χ3n) is 5.06. The molecule has 26 heavy (non-hydrogen) atoms. The monoisotopic (exact) mass is 351 g/mol. The Morgan fingerprint density at radius 3 is 2.12 bits per heavy atom. The van der Waals surface area contributed by atoms with E-state index in [4.69, 9.17) is 4.74 Å². The minimum absolute atomic E-state index is 0.255. The minimum atomic E-state index is -0.558. The average molecular weight is 351 g/mol. The van der Waals surface area contributed by atoms with Crippen LogP contribution < -0.4 is 5.32 Å². The third kappa shape index (κ3) is 3.64. The van der Waals surface area contributed by atoms with E-state index in [2.05, 4.69) is 19.2 Å². The molecule has 1 saturated carbocycles. The number of aryl methyl sites for hydroxylation is 2. The van der Waals surface area contributed by atoms with Crippen LogP contribution in [0.5, 0.6) is 0 Å². The Morgan fingerprint density at radius 1 is 0.962 bits per heavy atom. The molecule has 0 atom stereocenters. The number of carbonyl (C=O) groups excluding carboxylic acids is 2. The molecule has 2 aromatic rings.